The lowest BCUT2D eigenvalue weighted by Crippen LogP contribution is -2.28. The average Bonchev–Trinajstić information content (AvgIpc) is 1.89. The molecule has 0 amide bonds. The molecule has 0 aliphatic heterocycles. The van der Waals surface area contributed by atoms with Crippen LogP contribution in [0, 0.1) is 16.7 Å². The predicted molar refractivity (Wildman–Crippen MR) is 86.3 cm³/mol. The van der Waals surface area contributed by atoms with Gasteiger partial charge in [-0.25, -0.2) is 0 Å². The molecule has 0 rings (SSSR count). The Morgan fingerprint density at radius 2 is 1.42 bits per heavy atom. The molecule has 19 heavy (non-hydrogen) atoms. The third-order valence-corrected chi connectivity index (χ3v) is 4.63. The van der Waals surface area contributed by atoms with Gasteiger partial charge >= 0.3 is 0 Å². The highest BCUT2D eigenvalue weighted by Crippen LogP contribution is 2.39. The molecule has 2 unspecified atom stereocenters. The van der Waals surface area contributed by atoms with E-state index in [0.29, 0.717) is 17.5 Å². The van der Waals surface area contributed by atoms with Gasteiger partial charge in [-0.15, -0.1) is 0 Å². The summed E-state index contributed by atoms with van der Waals surface area (Å²) < 4.78 is 18.0. The summed E-state index contributed by atoms with van der Waals surface area (Å²) in [6.07, 6.45) is 2.71. The summed E-state index contributed by atoms with van der Waals surface area (Å²) in [6, 6.07) is 0. The Hall–Kier alpha value is 0.190. The summed E-state index contributed by atoms with van der Waals surface area (Å²) in [7, 11) is -1.94. The predicted octanol–water partition coefficient (Wildman–Crippen LogP) is 5.76. The second-order valence-corrected chi connectivity index (χ2v) is 10.4. The van der Waals surface area contributed by atoms with Crippen molar-refractivity contribution < 1.29 is 9.09 Å². The first-order valence-electron chi connectivity index (χ1n) is 7.42. The van der Waals surface area contributed by atoms with Gasteiger partial charge in [0.1, 0.15) is 0 Å². The van der Waals surface area contributed by atoms with Crippen LogP contribution in [-0.2, 0) is 9.09 Å². The van der Waals surface area contributed by atoms with Crippen molar-refractivity contribution in [1.29, 1.82) is 0 Å². The summed E-state index contributed by atoms with van der Waals surface area (Å²) in [6.45, 7) is 19.5. The van der Waals surface area contributed by atoms with Gasteiger partial charge in [0.25, 0.3) is 0 Å². The van der Waals surface area contributed by atoms with Gasteiger partial charge in [0.15, 0.2) is 8.03 Å². The maximum absolute atomic E-state index is 12.2. The lowest BCUT2D eigenvalue weighted by Gasteiger charge is -2.32. The molecule has 0 heterocycles. The molecular formula is C16H35O2P. The maximum Gasteiger partial charge on any atom is 0.192 e. The maximum atomic E-state index is 12.2. The third kappa shape index (κ3) is 11.7. The summed E-state index contributed by atoms with van der Waals surface area (Å²) in [5, 5.41) is 0. The van der Waals surface area contributed by atoms with Gasteiger partial charge in [0.05, 0.1) is 5.60 Å². The van der Waals surface area contributed by atoms with E-state index in [1.807, 2.05) is 0 Å². The van der Waals surface area contributed by atoms with Gasteiger partial charge in [-0.3, -0.25) is 4.57 Å². The van der Waals surface area contributed by atoms with E-state index >= 15 is 0 Å². The van der Waals surface area contributed by atoms with Crippen molar-refractivity contribution in [3.8, 4) is 0 Å². The highest BCUT2D eigenvalue weighted by Gasteiger charge is 2.28. The number of hydrogen-bond donors (Lipinski definition) is 0. The fourth-order valence-electron chi connectivity index (χ4n) is 3.07. The molecule has 0 aliphatic carbocycles. The quantitative estimate of drug-likeness (QED) is 0.581. The second kappa shape index (κ2) is 6.76. The molecule has 0 fully saturated rings. The molecule has 2 nitrogen and oxygen atoms in total. The third-order valence-electron chi connectivity index (χ3n) is 2.82. The van der Waals surface area contributed by atoms with E-state index in [4.69, 9.17) is 4.52 Å². The standard InChI is InChI=1S/C16H35O2P/c1-13(10-14(2,3)4)11-19(17)18-16(8,9)12-15(5,6)7/h13,19H,10-12H2,1-9H3. The second-order valence-electron chi connectivity index (χ2n) is 9.05. The van der Waals surface area contributed by atoms with Crippen LogP contribution in [0.25, 0.3) is 0 Å². The molecule has 0 aliphatic rings. The van der Waals surface area contributed by atoms with Gasteiger partial charge in [0, 0.05) is 6.16 Å². The lowest BCUT2D eigenvalue weighted by molar-refractivity contribution is 0.0703. The minimum atomic E-state index is -1.94. The molecule has 0 saturated heterocycles. The molecule has 0 aromatic heterocycles. The SMILES string of the molecule is CC(C[PH](=O)OC(C)(C)CC(C)(C)C)CC(C)(C)C. The topological polar surface area (TPSA) is 26.3 Å². The summed E-state index contributed by atoms with van der Waals surface area (Å²) in [5.74, 6) is 0.455. The van der Waals surface area contributed by atoms with E-state index in [0.717, 1.165) is 12.8 Å². The van der Waals surface area contributed by atoms with E-state index in [1.165, 1.54) is 0 Å². The van der Waals surface area contributed by atoms with Gasteiger partial charge in [-0.1, -0.05) is 48.5 Å². The first kappa shape index (κ1) is 19.2. The smallest absolute Gasteiger partial charge is 0.192 e. The summed E-state index contributed by atoms with van der Waals surface area (Å²) in [4.78, 5) is 0. The number of hydrogen-bond acceptors (Lipinski definition) is 2. The molecule has 0 saturated carbocycles. The van der Waals surface area contributed by atoms with Crippen LogP contribution in [-0.4, -0.2) is 11.8 Å². The zero-order valence-electron chi connectivity index (χ0n) is 14.5. The molecule has 0 N–H and O–H groups in total. The molecule has 0 spiro atoms. The van der Waals surface area contributed by atoms with E-state index in [2.05, 4.69) is 62.3 Å². The molecule has 3 heteroatoms. The highest BCUT2D eigenvalue weighted by atomic mass is 31.1. The molecule has 0 radical (unpaired) electrons. The zero-order chi connectivity index (χ0) is 15.5. The largest absolute Gasteiger partial charge is 0.324 e. The summed E-state index contributed by atoms with van der Waals surface area (Å²) in [5.41, 5.74) is 0.195. The van der Waals surface area contributed by atoms with Crippen molar-refractivity contribution in [2.24, 2.45) is 16.7 Å². The van der Waals surface area contributed by atoms with E-state index in [-0.39, 0.29) is 11.0 Å². The van der Waals surface area contributed by atoms with Gasteiger partial charge in [-0.2, -0.15) is 0 Å². The van der Waals surface area contributed by atoms with Crippen LogP contribution in [0.3, 0.4) is 0 Å². The minimum Gasteiger partial charge on any atom is -0.324 e. The van der Waals surface area contributed by atoms with Crippen molar-refractivity contribution >= 4 is 8.03 Å². The van der Waals surface area contributed by atoms with Crippen molar-refractivity contribution in [2.45, 2.75) is 80.8 Å². The van der Waals surface area contributed by atoms with Crippen molar-refractivity contribution in [2.75, 3.05) is 6.16 Å². The first-order valence-corrected chi connectivity index (χ1v) is 8.94. The van der Waals surface area contributed by atoms with E-state index in [9.17, 15) is 4.57 Å². The van der Waals surface area contributed by atoms with Crippen LogP contribution in [0.15, 0.2) is 0 Å². The van der Waals surface area contributed by atoms with Crippen molar-refractivity contribution in [3.63, 3.8) is 0 Å². The van der Waals surface area contributed by atoms with Gasteiger partial charge < -0.3 is 4.52 Å². The molecule has 116 valence electrons. The highest BCUT2D eigenvalue weighted by molar-refractivity contribution is 7.39. The Kier molecular flexibility index (Phi) is 6.83. The molecule has 0 aromatic carbocycles. The monoisotopic (exact) mass is 290 g/mol. The van der Waals surface area contributed by atoms with Crippen molar-refractivity contribution in [3.05, 3.63) is 0 Å². The normalized spacial score (nSPS) is 17.3. The molecule has 0 aromatic rings. The Labute approximate surface area is 121 Å². The van der Waals surface area contributed by atoms with Crippen LogP contribution in [0.1, 0.15) is 75.2 Å². The Bertz CT molecular complexity index is 295. The Morgan fingerprint density at radius 3 is 1.79 bits per heavy atom. The summed E-state index contributed by atoms with van der Waals surface area (Å²) >= 11 is 0. The van der Waals surface area contributed by atoms with E-state index < -0.39 is 8.03 Å². The van der Waals surface area contributed by atoms with Crippen molar-refractivity contribution in [1.82, 2.24) is 0 Å². The first-order chi connectivity index (χ1) is 8.20. The lowest BCUT2D eigenvalue weighted by atomic mass is 9.84. The molecule has 0 bridgehead atoms. The van der Waals surface area contributed by atoms with Crippen LogP contribution < -0.4 is 0 Å². The van der Waals surface area contributed by atoms with Gasteiger partial charge in [-0.05, 0) is 43.4 Å². The van der Waals surface area contributed by atoms with Crippen LogP contribution in [0.5, 0.6) is 0 Å². The Balaban J connectivity index is 4.31. The van der Waals surface area contributed by atoms with E-state index in [1.54, 1.807) is 0 Å². The van der Waals surface area contributed by atoms with Crippen LogP contribution >= 0.6 is 8.03 Å². The Morgan fingerprint density at radius 1 is 0.947 bits per heavy atom. The van der Waals surface area contributed by atoms with Gasteiger partial charge in [0.2, 0.25) is 0 Å². The molecular weight excluding hydrogens is 255 g/mol. The minimum absolute atomic E-state index is 0.197. The molecule has 2 atom stereocenters. The fraction of sp³-hybridized carbons (Fsp3) is 1.00. The fourth-order valence-corrected chi connectivity index (χ4v) is 4.55. The zero-order valence-corrected chi connectivity index (χ0v) is 15.5. The average molecular weight is 290 g/mol. The number of rotatable bonds is 6. The van der Waals surface area contributed by atoms with Crippen LogP contribution in [0.2, 0.25) is 0 Å². The van der Waals surface area contributed by atoms with Crippen LogP contribution in [0.4, 0.5) is 0 Å².